The Bertz CT molecular complexity index is 617. The molecule has 19 heavy (non-hydrogen) atoms. The maximum absolute atomic E-state index is 8.78. The van der Waals surface area contributed by atoms with Gasteiger partial charge in [0, 0.05) is 10.5 Å². The predicted molar refractivity (Wildman–Crippen MR) is 82.3 cm³/mol. The lowest BCUT2D eigenvalue weighted by molar-refractivity contribution is 0.884. The lowest BCUT2D eigenvalue weighted by Crippen LogP contribution is -2.06. The summed E-state index contributed by atoms with van der Waals surface area (Å²) in [5, 5.41) is 12.8. The number of nitrogens with one attached hydrogen (secondary N) is 1. The van der Waals surface area contributed by atoms with Gasteiger partial charge in [-0.2, -0.15) is 5.26 Å². The number of nitrogens with zero attached hydrogens (tertiary/aromatic N) is 1. The molecule has 2 aromatic rings. The number of benzene rings is 2. The summed E-state index contributed by atoms with van der Waals surface area (Å²) in [6, 6.07) is 15.5. The minimum atomic E-state index is 0.117. The molecule has 4 heteroatoms. The molecule has 96 valence electrons. The fourth-order valence-corrected chi connectivity index (χ4v) is 2.50. The summed E-state index contributed by atoms with van der Waals surface area (Å²) in [5.74, 6) is 0. The summed E-state index contributed by atoms with van der Waals surface area (Å²) in [6.45, 7) is 2.06. The van der Waals surface area contributed by atoms with Crippen LogP contribution in [0.3, 0.4) is 0 Å². The normalized spacial score (nSPS) is 11.7. The summed E-state index contributed by atoms with van der Waals surface area (Å²) >= 11 is 9.55. The highest BCUT2D eigenvalue weighted by molar-refractivity contribution is 9.10. The van der Waals surface area contributed by atoms with E-state index in [9.17, 15) is 0 Å². The molecule has 1 unspecified atom stereocenters. The molecule has 0 fully saturated rings. The van der Waals surface area contributed by atoms with Crippen LogP contribution in [-0.4, -0.2) is 0 Å². The van der Waals surface area contributed by atoms with Gasteiger partial charge in [-0.05, 0) is 42.8 Å². The number of hydrogen-bond donors (Lipinski definition) is 1. The minimum absolute atomic E-state index is 0.117. The molecule has 2 aromatic carbocycles. The van der Waals surface area contributed by atoms with Crippen molar-refractivity contribution in [2.45, 2.75) is 13.0 Å². The molecule has 0 bridgehead atoms. The standard InChI is InChI=1S/C15H12BrClN2/c1-10(12-4-2-11(9-18)3-5-12)19-15-7-6-13(16)8-14(15)17/h2-8,10,19H,1H3. The van der Waals surface area contributed by atoms with Crippen molar-refractivity contribution in [2.24, 2.45) is 0 Å². The second-order valence-corrected chi connectivity index (χ2v) is 5.55. The third-order valence-electron chi connectivity index (χ3n) is 2.84. The largest absolute Gasteiger partial charge is 0.377 e. The van der Waals surface area contributed by atoms with Crippen molar-refractivity contribution < 1.29 is 0 Å². The van der Waals surface area contributed by atoms with Crippen LogP contribution in [0.25, 0.3) is 0 Å². The van der Waals surface area contributed by atoms with E-state index in [1.807, 2.05) is 42.5 Å². The first-order valence-electron chi connectivity index (χ1n) is 5.82. The minimum Gasteiger partial charge on any atom is -0.377 e. The molecule has 0 aliphatic heterocycles. The van der Waals surface area contributed by atoms with E-state index in [0.29, 0.717) is 10.6 Å². The molecule has 2 rings (SSSR count). The zero-order chi connectivity index (χ0) is 13.8. The fraction of sp³-hybridized carbons (Fsp3) is 0.133. The zero-order valence-corrected chi connectivity index (χ0v) is 12.7. The van der Waals surface area contributed by atoms with E-state index in [1.54, 1.807) is 0 Å². The molecule has 2 nitrogen and oxygen atoms in total. The molecule has 0 heterocycles. The lowest BCUT2D eigenvalue weighted by atomic mass is 10.1. The number of hydrogen-bond acceptors (Lipinski definition) is 2. The van der Waals surface area contributed by atoms with Gasteiger partial charge in [0.15, 0.2) is 0 Å². The Hall–Kier alpha value is -1.50. The molecule has 1 atom stereocenters. The third kappa shape index (κ3) is 3.50. The van der Waals surface area contributed by atoms with Crippen LogP contribution in [0.2, 0.25) is 5.02 Å². The SMILES string of the molecule is CC(Nc1ccc(Br)cc1Cl)c1ccc(C#N)cc1. The summed E-state index contributed by atoms with van der Waals surface area (Å²) in [5.41, 5.74) is 2.66. The van der Waals surface area contributed by atoms with E-state index in [4.69, 9.17) is 16.9 Å². The number of nitriles is 1. The summed E-state index contributed by atoms with van der Waals surface area (Å²) < 4.78 is 0.953. The first-order valence-corrected chi connectivity index (χ1v) is 6.99. The average Bonchev–Trinajstić information content (AvgIpc) is 2.42. The lowest BCUT2D eigenvalue weighted by Gasteiger charge is -2.17. The van der Waals surface area contributed by atoms with Gasteiger partial charge in [-0.1, -0.05) is 39.7 Å². The van der Waals surface area contributed by atoms with E-state index < -0.39 is 0 Å². The Kier molecular flexibility index (Phi) is 4.47. The van der Waals surface area contributed by atoms with Gasteiger partial charge < -0.3 is 5.32 Å². The molecule has 1 N–H and O–H groups in total. The topological polar surface area (TPSA) is 35.8 Å². The van der Waals surface area contributed by atoms with E-state index in [2.05, 4.69) is 34.2 Å². The van der Waals surface area contributed by atoms with E-state index >= 15 is 0 Å². The van der Waals surface area contributed by atoms with Crippen LogP contribution in [0.1, 0.15) is 24.1 Å². The van der Waals surface area contributed by atoms with E-state index in [0.717, 1.165) is 15.7 Å². The summed E-state index contributed by atoms with van der Waals surface area (Å²) in [4.78, 5) is 0. The van der Waals surface area contributed by atoms with Crippen molar-refractivity contribution in [2.75, 3.05) is 5.32 Å². The molecule has 0 aliphatic rings. The van der Waals surface area contributed by atoms with Crippen molar-refractivity contribution in [3.63, 3.8) is 0 Å². The maximum Gasteiger partial charge on any atom is 0.0991 e. The Morgan fingerprint density at radius 3 is 2.47 bits per heavy atom. The Labute approximate surface area is 126 Å². The van der Waals surface area contributed by atoms with Crippen LogP contribution in [0.4, 0.5) is 5.69 Å². The molecule has 0 spiro atoms. The van der Waals surface area contributed by atoms with Crippen LogP contribution in [0, 0.1) is 11.3 Å². The molecular weight excluding hydrogens is 324 g/mol. The van der Waals surface area contributed by atoms with Crippen LogP contribution in [0.15, 0.2) is 46.9 Å². The van der Waals surface area contributed by atoms with E-state index in [1.165, 1.54) is 0 Å². The zero-order valence-electron chi connectivity index (χ0n) is 10.3. The first-order chi connectivity index (χ1) is 9.10. The van der Waals surface area contributed by atoms with Gasteiger partial charge in [-0.25, -0.2) is 0 Å². The van der Waals surface area contributed by atoms with Gasteiger partial charge in [0.1, 0.15) is 0 Å². The van der Waals surface area contributed by atoms with Gasteiger partial charge in [-0.3, -0.25) is 0 Å². The van der Waals surface area contributed by atoms with Crippen molar-refractivity contribution in [1.82, 2.24) is 0 Å². The smallest absolute Gasteiger partial charge is 0.0991 e. The summed E-state index contributed by atoms with van der Waals surface area (Å²) in [6.07, 6.45) is 0. The Morgan fingerprint density at radius 2 is 1.89 bits per heavy atom. The number of anilines is 1. The molecular formula is C15H12BrClN2. The first kappa shape index (κ1) is 13.9. The van der Waals surface area contributed by atoms with Crippen LogP contribution < -0.4 is 5.32 Å². The van der Waals surface area contributed by atoms with Crippen molar-refractivity contribution in [3.8, 4) is 6.07 Å². The molecule has 0 saturated carbocycles. The van der Waals surface area contributed by atoms with Gasteiger partial charge in [0.2, 0.25) is 0 Å². The van der Waals surface area contributed by atoms with Crippen molar-refractivity contribution >= 4 is 33.2 Å². The van der Waals surface area contributed by atoms with Gasteiger partial charge in [0.05, 0.1) is 22.3 Å². The summed E-state index contributed by atoms with van der Waals surface area (Å²) in [7, 11) is 0. The number of halogens is 2. The molecule has 0 amide bonds. The quantitative estimate of drug-likeness (QED) is 0.842. The van der Waals surface area contributed by atoms with Gasteiger partial charge in [0.25, 0.3) is 0 Å². The Morgan fingerprint density at radius 1 is 1.21 bits per heavy atom. The van der Waals surface area contributed by atoms with Crippen molar-refractivity contribution in [1.29, 1.82) is 5.26 Å². The molecule has 0 saturated heterocycles. The maximum atomic E-state index is 8.78. The van der Waals surface area contributed by atoms with Crippen LogP contribution >= 0.6 is 27.5 Å². The van der Waals surface area contributed by atoms with Crippen molar-refractivity contribution in [3.05, 3.63) is 63.1 Å². The van der Waals surface area contributed by atoms with Crippen LogP contribution in [-0.2, 0) is 0 Å². The fourth-order valence-electron chi connectivity index (χ4n) is 1.77. The predicted octanol–water partition coefficient (Wildman–Crippen LogP) is 5.15. The van der Waals surface area contributed by atoms with Crippen LogP contribution in [0.5, 0.6) is 0 Å². The Balaban J connectivity index is 2.16. The third-order valence-corrected chi connectivity index (χ3v) is 3.65. The second kappa shape index (κ2) is 6.10. The molecule has 0 radical (unpaired) electrons. The highest BCUT2D eigenvalue weighted by Gasteiger charge is 2.08. The molecule has 0 aliphatic carbocycles. The average molecular weight is 336 g/mol. The highest BCUT2D eigenvalue weighted by atomic mass is 79.9. The second-order valence-electron chi connectivity index (χ2n) is 4.22. The van der Waals surface area contributed by atoms with Gasteiger partial charge >= 0.3 is 0 Å². The molecule has 0 aromatic heterocycles. The monoisotopic (exact) mass is 334 g/mol. The highest BCUT2D eigenvalue weighted by Crippen LogP contribution is 2.28. The van der Waals surface area contributed by atoms with E-state index in [-0.39, 0.29) is 6.04 Å². The number of rotatable bonds is 3. The van der Waals surface area contributed by atoms with Gasteiger partial charge in [-0.15, -0.1) is 0 Å².